The van der Waals surface area contributed by atoms with Gasteiger partial charge in [0.1, 0.15) is 23.3 Å². The second-order valence-corrected chi connectivity index (χ2v) is 7.04. The molecule has 1 atom stereocenters. The predicted octanol–water partition coefficient (Wildman–Crippen LogP) is 1.99. The van der Waals surface area contributed by atoms with E-state index in [1.165, 1.54) is 0 Å². The topological polar surface area (TPSA) is 80.0 Å². The number of rotatable bonds is 5. The van der Waals surface area contributed by atoms with Gasteiger partial charge in [-0.25, -0.2) is 4.98 Å². The third-order valence-corrected chi connectivity index (χ3v) is 5.25. The molecule has 4 rings (SSSR count). The van der Waals surface area contributed by atoms with Gasteiger partial charge in [-0.3, -0.25) is 19.5 Å². The smallest absolute Gasteiger partial charge is 0.147 e. The summed E-state index contributed by atoms with van der Waals surface area (Å²) in [6.45, 7) is 3.68. The summed E-state index contributed by atoms with van der Waals surface area (Å²) >= 11 is 0. The first-order valence-electron chi connectivity index (χ1n) is 9.25. The molecule has 140 valence electrons. The molecule has 1 saturated heterocycles. The molecule has 0 saturated carbocycles. The Morgan fingerprint density at radius 3 is 2.07 bits per heavy atom. The zero-order valence-corrected chi connectivity index (χ0v) is 15.7. The molecule has 1 aliphatic rings. The molecular formula is C20H24N6O. The van der Waals surface area contributed by atoms with E-state index in [1.807, 2.05) is 38.2 Å². The third-order valence-electron chi connectivity index (χ3n) is 5.25. The van der Waals surface area contributed by atoms with Crippen LogP contribution >= 0.6 is 0 Å². The van der Waals surface area contributed by atoms with E-state index in [0.29, 0.717) is 5.82 Å². The lowest BCUT2D eigenvalue weighted by atomic mass is 9.80. The van der Waals surface area contributed by atoms with Gasteiger partial charge in [0.05, 0.1) is 0 Å². The van der Waals surface area contributed by atoms with Crippen molar-refractivity contribution >= 4 is 0 Å². The lowest BCUT2D eigenvalue weighted by Gasteiger charge is -2.41. The summed E-state index contributed by atoms with van der Waals surface area (Å²) in [5.41, 5.74) is 0.0891. The fourth-order valence-corrected chi connectivity index (χ4v) is 4.04. The first-order chi connectivity index (χ1) is 13.1. The van der Waals surface area contributed by atoms with Gasteiger partial charge in [0.2, 0.25) is 0 Å². The summed E-state index contributed by atoms with van der Waals surface area (Å²) in [6, 6.07) is 7.12. The number of pyridine rings is 2. The van der Waals surface area contributed by atoms with Crippen LogP contribution in [-0.4, -0.2) is 47.8 Å². The van der Waals surface area contributed by atoms with Crippen LogP contribution in [0.1, 0.15) is 41.7 Å². The summed E-state index contributed by atoms with van der Waals surface area (Å²) in [4.78, 5) is 15.5. The van der Waals surface area contributed by atoms with Crippen molar-refractivity contribution in [3.63, 3.8) is 0 Å². The highest BCUT2D eigenvalue weighted by atomic mass is 16.3. The van der Waals surface area contributed by atoms with Crippen LogP contribution < -0.4 is 0 Å². The van der Waals surface area contributed by atoms with Crippen molar-refractivity contribution in [1.82, 2.24) is 29.6 Å². The highest BCUT2D eigenvalue weighted by Crippen LogP contribution is 2.44. The SMILES string of the molecule is Cc1nc(C(N2CCCC2)C(O)(c2cccnc2)c2cccnc2)n(C)n1. The number of nitrogens with zero attached hydrogens (tertiary/aromatic N) is 6. The summed E-state index contributed by atoms with van der Waals surface area (Å²) in [6.07, 6.45) is 9.07. The Bertz CT molecular complexity index is 850. The maximum Gasteiger partial charge on any atom is 0.147 e. The van der Waals surface area contributed by atoms with Crippen LogP contribution in [0.4, 0.5) is 0 Å². The fraction of sp³-hybridized carbons (Fsp3) is 0.400. The lowest BCUT2D eigenvalue weighted by Crippen LogP contribution is -2.45. The Hall–Kier alpha value is -2.64. The maximum absolute atomic E-state index is 12.3. The van der Waals surface area contributed by atoms with Crippen LogP contribution in [0.3, 0.4) is 0 Å². The van der Waals surface area contributed by atoms with Crippen molar-refractivity contribution < 1.29 is 5.11 Å². The fourth-order valence-electron chi connectivity index (χ4n) is 4.04. The molecular weight excluding hydrogens is 340 g/mol. The van der Waals surface area contributed by atoms with Crippen LogP contribution in [-0.2, 0) is 12.6 Å². The van der Waals surface area contributed by atoms with Crippen LogP contribution in [0.5, 0.6) is 0 Å². The van der Waals surface area contributed by atoms with Gasteiger partial charge >= 0.3 is 0 Å². The molecule has 7 heteroatoms. The van der Waals surface area contributed by atoms with Gasteiger partial charge < -0.3 is 5.11 Å². The molecule has 27 heavy (non-hydrogen) atoms. The lowest BCUT2D eigenvalue weighted by molar-refractivity contribution is -0.0206. The summed E-state index contributed by atoms with van der Waals surface area (Å²) in [5, 5.41) is 16.7. The van der Waals surface area contributed by atoms with Crippen LogP contribution in [0.2, 0.25) is 0 Å². The van der Waals surface area contributed by atoms with E-state index in [9.17, 15) is 5.11 Å². The normalized spacial score (nSPS) is 16.6. The molecule has 1 aliphatic heterocycles. The second kappa shape index (κ2) is 7.17. The van der Waals surface area contributed by atoms with Gasteiger partial charge in [-0.1, -0.05) is 12.1 Å². The van der Waals surface area contributed by atoms with E-state index in [1.54, 1.807) is 29.5 Å². The molecule has 0 spiro atoms. The molecule has 0 aromatic carbocycles. The number of likely N-dealkylation sites (tertiary alicyclic amines) is 1. The van der Waals surface area contributed by atoms with Gasteiger partial charge in [0, 0.05) is 43.0 Å². The molecule has 0 amide bonds. The Morgan fingerprint density at radius 2 is 1.63 bits per heavy atom. The summed E-state index contributed by atoms with van der Waals surface area (Å²) < 4.78 is 1.77. The molecule has 3 aromatic heterocycles. The monoisotopic (exact) mass is 364 g/mol. The number of hydrogen-bond acceptors (Lipinski definition) is 6. The highest BCUT2D eigenvalue weighted by Gasteiger charge is 2.47. The average molecular weight is 364 g/mol. The Balaban J connectivity index is 1.96. The standard InChI is InChI=1S/C20H24N6O/c1-15-23-19(25(2)24-15)18(26-11-3-4-12-26)20(27,16-7-5-9-21-13-16)17-8-6-10-22-14-17/h5-10,13-14,18,27H,3-4,11-12H2,1-2H3. The van der Waals surface area contributed by atoms with Crippen molar-refractivity contribution in [3.05, 3.63) is 71.8 Å². The number of aliphatic hydroxyl groups is 1. The first kappa shape index (κ1) is 17.8. The minimum Gasteiger partial charge on any atom is -0.378 e. The van der Waals surface area contributed by atoms with Gasteiger partial charge in [-0.05, 0) is 45.0 Å². The number of aryl methyl sites for hydroxylation is 2. The van der Waals surface area contributed by atoms with Gasteiger partial charge in [-0.15, -0.1) is 0 Å². The molecule has 1 fully saturated rings. The second-order valence-electron chi connectivity index (χ2n) is 7.04. The van der Waals surface area contributed by atoms with E-state index < -0.39 is 5.60 Å². The zero-order valence-electron chi connectivity index (χ0n) is 15.7. The Morgan fingerprint density at radius 1 is 1.04 bits per heavy atom. The van der Waals surface area contributed by atoms with Crippen molar-refractivity contribution in [2.75, 3.05) is 13.1 Å². The van der Waals surface area contributed by atoms with Gasteiger partial charge in [-0.2, -0.15) is 5.10 Å². The van der Waals surface area contributed by atoms with E-state index in [-0.39, 0.29) is 6.04 Å². The number of aromatic nitrogens is 5. The summed E-state index contributed by atoms with van der Waals surface area (Å²) in [7, 11) is 1.88. The largest absolute Gasteiger partial charge is 0.378 e. The number of hydrogen-bond donors (Lipinski definition) is 1. The minimum absolute atomic E-state index is 0.389. The molecule has 3 aromatic rings. The van der Waals surface area contributed by atoms with Crippen molar-refractivity contribution in [1.29, 1.82) is 0 Å². The van der Waals surface area contributed by atoms with Crippen LogP contribution in [0, 0.1) is 6.92 Å². The van der Waals surface area contributed by atoms with Gasteiger partial charge in [0.25, 0.3) is 0 Å². The van der Waals surface area contributed by atoms with Gasteiger partial charge in [0.15, 0.2) is 0 Å². The molecule has 1 N–H and O–H groups in total. The zero-order chi connectivity index (χ0) is 18.9. The van der Waals surface area contributed by atoms with Crippen molar-refractivity contribution in [2.45, 2.75) is 31.4 Å². The van der Waals surface area contributed by atoms with E-state index >= 15 is 0 Å². The highest BCUT2D eigenvalue weighted by molar-refractivity contribution is 5.37. The first-order valence-corrected chi connectivity index (χ1v) is 9.25. The van der Waals surface area contributed by atoms with Crippen molar-refractivity contribution in [2.24, 2.45) is 7.05 Å². The van der Waals surface area contributed by atoms with Crippen LogP contribution in [0.15, 0.2) is 49.1 Å². The van der Waals surface area contributed by atoms with E-state index in [2.05, 4.69) is 25.0 Å². The minimum atomic E-state index is -1.35. The quantitative estimate of drug-likeness (QED) is 0.746. The van der Waals surface area contributed by atoms with Crippen LogP contribution in [0.25, 0.3) is 0 Å². The Kier molecular flexibility index (Phi) is 4.72. The van der Waals surface area contributed by atoms with E-state index in [4.69, 9.17) is 0 Å². The molecule has 0 aliphatic carbocycles. The summed E-state index contributed by atoms with van der Waals surface area (Å²) in [5.74, 6) is 1.43. The molecule has 0 bridgehead atoms. The molecule has 1 unspecified atom stereocenters. The van der Waals surface area contributed by atoms with E-state index in [0.717, 1.165) is 42.9 Å². The van der Waals surface area contributed by atoms with Crippen molar-refractivity contribution in [3.8, 4) is 0 Å². The Labute approximate surface area is 158 Å². The molecule has 4 heterocycles. The average Bonchev–Trinajstić information content (AvgIpc) is 3.33. The predicted molar refractivity (Wildman–Crippen MR) is 101 cm³/mol. The molecule has 7 nitrogen and oxygen atoms in total. The molecule has 0 radical (unpaired) electrons. The third kappa shape index (κ3) is 3.13. The maximum atomic E-state index is 12.3.